The third-order valence-corrected chi connectivity index (χ3v) is 5.53. The molecule has 28 heavy (non-hydrogen) atoms. The van der Waals surface area contributed by atoms with Crippen LogP contribution in [-0.2, 0) is 6.54 Å². The van der Waals surface area contributed by atoms with Crippen LogP contribution in [0.1, 0.15) is 19.6 Å². The molecule has 7 nitrogen and oxygen atoms in total. The monoisotopic (exact) mass is 406 g/mol. The summed E-state index contributed by atoms with van der Waals surface area (Å²) < 4.78 is 5.84. The second-order valence-electron chi connectivity index (χ2n) is 7.89. The van der Waals surface area contributed by atoms with Crippen molar-refractivity contribution in [2.75, 3.05) is 39.8 Å². The number of likely N-dealkylation sites (N-methyl/N-ethyl adjacent to an activating group) is 1. The minimum atomic E-state index is -0.444. The van der Waals surface area contributed by atoms with Gasteiger partial charge in [-0.05, 0) is 45.2 Å². The molecule has 1 N–H and O–H groups in total. The summed E-state index contributed by atoms with van der Waals surface area (Å²) in [7, 11) is 2.15. The van der Waals surface area contributed by atoms with Gasteiger partial charge in [0.15, 0.2) is 0 Å². The summed E-state index contributed by atoms with van der Waals surface area (Å²) in [4.78, 5) is 15.7. The molecule has 0 amide bonds. The zero-order chi connectivity index (χ0) is 20.3. The van der Waals surface area contributed by atoms with E-state index in [4.69, 9.17) is 16.0 Å². The highest BCUT2D eigenvalue weighted by molar-refractivity contribution is 6.30. The fourth-order valence-electron chi connectivity index (χ4n) is 3.50. The first-order chi connectivity index (χ1) is 13.3. The predicted octanol–water partition coefficient (Wildman–Crippen LogP) is 3.62. The first-order valence-electron chi connectivity index (χ1n) is 9.43. The van der Waals surface area contributed by atoms with Crippen LogP contribution in [0.25, 0.3) is 11.3 Å². The van der Waals surface area contributed by atoms with Crippen molar-refractivity contribution in [2.24, 2.45) is 0 Å². The van der Waals surface area contributed by atoms with Crippen LogP contribution in [-0.4, -0.2) is 60.0 Å². The Morgan fingerprint density at radius 3 is 2.61 bits per heavy atom. The Balaban J connectivity index is 1.60. The standard InChI is InChI=1S/C20H27ClN4O3/c1-20(2,24-10-8-23(3)9-11-24)14-22-13-16-5-7-19(28-16)17-6-4-15(21)12-18(17)25(26)27/h4-7,12,22H,8-11,13-14H2,1-3H3. The maximum absolute atomic E-state index is 11.3. The van der Waals surface area contributed by atoms with Gasteiger partial charge in [0, 0.05) is 49.4 Å². The van der Waals surface area contributed by atoms with Gasteiger partial charge in [0.1, 0.15) is 11.5 Å². The lowest BCUT2D eigenvalue weighted by molar-refractivity contribution is -0.384. The number of piperazine rings is 1. The van der Waals surface area contributed by atoms with E-state index in [1.54, 1.807) is 18.2 Å². The molecule has 152 valence electrons. The zero-order valence-corrected chi connectivity index (χ0v) is 17.3. The highest BCUT2D eigenvalue weighted by atomic mass is 35.5. The average Bonchev–Trinajstić information content (AvgIpc) is 3.10. The predicted molar refractivity (Wildman–Crippen MR) is 111 cm³/mol. The van der Waals surface area contributed by atoms with Crippen molar-refractivity contribution in [3.8, 4) is 11.3 Å². The number of nitro benzene ring substituents is 1. The maximum Gasteiger partial charge on any atom is 0.281 e. The molecular formula is C20H27ClN4O3. The third-order valence-electron chi connectivity index (χ3n) is 5.30. The van der Waals surface area contributed by atoms with Crippen LogP contribution in [0.2, 0.25) is 5.02 Å². The number of nitrogens with zero attached hydrogens (tertiary/aromatic N) is 3. The first kappa shape index (κ1) is 20.8. The van der Waals surface area contributed by atoms with Crippen LogP contribution in [0.5, 0.6) is 0 Å². The topological polar surface area (TPSA) is 74.8 Å². The van der Waals surface area contributed by atoms with E-state index in [9.17, 15) is 10.1 Å². The summed E-state index contributed by atoms with van der Waals surface area (Å²) >= 11 is 5.89. The molecule has 1 aliphatic rings. The van der Waals surface area contributed by atoms with Crippen molar-refractivity contribution in [2.45, 2.75) is 25.9 Å². The molecule has 1 saturated heterocycles. The van der Waals surface area contributed by atoms with E-state index in [2.05, 4.69) is 36.0 Å². The Morgan fingerprint density at radius 2 is 1.93 bits per heavy atom. The number of benzene rings is 1. The number of nitro groups is 1. The number of halogens is 1. The van der Waals surface area contributed by atoms with Gasteiger partial charge in [-0.3, -0.25) is 15.0 Å². The van der Waals surface area contributed by atoms with E-state index in [1.165, 1.54) is 6.07 Å². The van der Waals surface area contributed by atoms with E-state index < -0.39 is 4.92 Å². The van der Waals surface area contributed by atoms with Gasteiger partial charge in [-0.25, -0.2) is 0 Å². The minimum absolute atomic E-state index is 0.0473. The fourth-order valence-corrected chi connectivity index (χ4v) is 3.66. The van der Waals surface area contributed by atoms with Gasteiger partial charge in [0.2, 0.25) is 0 Å². The summed E-state index contributed by atoms with van der Waals surface area (Å²) in [6.45, 7) is 10.2. The molecule has 0 saturated carbocycles. The third kappa shape index (κ3) is 4.91. The molecule has 0 spiro atoms. The van der Waals surface area contributed by atoms with E-state index in [1.807, 2.05) is 6.07 Å². The van der Waals surface area contributed by atoms with Crippen LogP contribution in [0.15, 0.2) is 34.7 Å². The van der Waals surface area contributed by atoms with Crippen LogP contribution in [0, 0.1) is 10.1 Å². The number of rotatable bonds is 7. The van der Waals surface area contributed by atoms with Crippen LogP contribution in [0.4, 0.5) is 5.69 Å². The van der Waals surface area contributed by atoms with Crippen molar-refractivity contribution >= 4 is 17.3 Å². The molecule has 1 aromatic carbocycles. The van der Waals surface area contributed by atoms with Gasteiger partial charge in [-0.15, -0.1) is 0 Å². The largest absolute Gasteiger partial charge is 0.459 e. The SMILES string of the molecule is CN1CCN(C(C)(C)CNCc2ccc(-c3ccc(Cl)cc3[N+](=O)[O-])o2)CC1. The van der Waals surface area contributed by atoms with Gasteiger partial charge in [-0.2, -0.15) is 0 Å². The molecule has 1 aromatic heterocycles. The van der Waals surface area contributed by atoms with E-state index in [0.717, 1.165) is 38.5 Å². The number of furan rings is 1. The Hall–Kier alpha value is -1.93. The van der Waals surface area contributed by atoms with E-state index >= 15 is 0 Å². The molecule has 2 heterocycles. The summed E-state index contributed by atoms with van der Waals surface area (Å²) in [5, 5.41) is 15.1. The smallest absolute Gasteiger partial charge is 0.281 e. The van der Waals surface area contributed by atoms with Crippen molar-refractivity contribution in [1.29, 1.82) is 0 Å². The summed E-state index contributed by atoms with van der Waals surface area (Å²) in [6, 6.07) is 8.20. The van der Waals surface area contributed by atoms with Crippen LogP contribution < -0.4 is 5.32 Å². The molecule has 1 aliphatic heterocycles. The molecule has 0 unspecified atom stereocenters. The maximum atomic E-state index is 11.3. The minimum Gasteiger partial charge on any atom is -0.459 e. The van der Waals surface area contributed by atoms with Crippen molar-refractivity contribution < 1.29 is 9.34 Å². The van der Waals surface area contributed by atoms with Gasteiger partial charge in [-0.1, -0.05) is 11.6 Å². The van der Waals surface area contributed by atoms with Crippen molar-refractivity contribution in [3.63, 3.8) is 0 Å². The molecule has 1 fully saturated rings. The molecular weight excluding hydrogens is 380 g/mol. The zero-order valence-electron chi connectivity index (χ0n) is 16.6. The second kappa shape index (κ2) is 8.61. The Bertz CT molecular complexity index is 829. The van der Waals surface area contributed by atoms with E-state index in [-0.39, 0.29) is 11.2 Å². The highest BCUT2D eigenvalue weighted by Gasteiger charge is 2.28. The van der Waals surface area contributed by atoms with Gasteiger partial charge in [0.25, 0.3) is 5.69 Å². The lowest BCUT2D eigenvalue weighted by Crippen LogP contribution is -2.57. The molecule has 0 atom stereocenters. The second-order valence-corrected chi connectivity index (χ2v) is 8.33. The van der Waals surface area contributed by atoms with Crippen LogP contribution >= 0.6 is 11.6 Å². The highest BCUT2D eigenvalue weighted by Crippen LogP contribution is 2.33. The van der Waals surface area contributed by atoms with E-state index in [0.29, 0.717) is 22.9 Å². The lowest BCUT2D eigenvalue weighted by Gasteiger charge is -2.43. The molecule has 0 radical (unpaired) electrons. The Morgan fingerprint density at radius 1 is 1.21 bits per heavy atom. The summed E-state index contributed by atoms with van der Waals surface area (Å²) in [5.74, 6) is 1.21. The lowest BCUT2D eigenvalue weighted by atomic mass is 10.0. The first-order valence-corrected chi connectivity index (χ1v) is 9.81. The number of nitrogens with one attached hydrogen (secondary N) is 1. The number of hydrogen-bond acceptors (Lipinski definition) is 6. The Labute approximate surface area is 170 Å². The van der Waals surface area contributed by atoms with Crippen molar-refractivity contribution in [1.82, 2.24) is 15.1 Å². The van der Waals surface area contributed by atoms with Gasteiger partial charge in [0.05, 0.1) is 17.0 Å². The van der Waals surface area contributed by atoms with Crippen LogP contribution in [0.3, 0.4) is 0 Å². The number of hydrogen-bond donors (Lipinski definition) is 1. The molecule has 3 rings (SSSR count). The van der Waals surface area contributed by atoms with Crippen molar-refractivity contribution in [3.05, 3.63) is 51.2 Å². The normalized spacial score (nSPS) is 16.4. The molecule has 8 heteroatoms. The summed E-state index contributed by atoms with van der Waals surface area (Å²) in [5.41, 5.74) is 0.419. The quantitative estimate of drug-likeness (QED) is 0.559. The molecule has 0 bridgehead atoms. The molecule has 0 aliphatic carbocycles. The molecule has 2 aromatic rings. The average molecular weight is 407 g/mol. The summed E-state index contributed by atoms with van der Waals surface area (Å²) in [6.07, 6.45) is 0. The van der Waals surface area contributed by atoms with Gasteiger partial charge >= 0.3 is 0 Å². The Kier molecular flexibility index (Phi) is 6.40. The fraction of sp³-hybridized carbons (Fsp3) is 0.500. The van der Waals surface area contributed by atoms with Gasteiger partial charge < -0.3 is 14.6 Å².